The number of ether oxygens (including phenoxy) is 1. The van der Waals surface area contributed by atoms with Gasteiger partial charge in [-0.05, 0) is 55.0 Å². The molecule has 2 N–H and O–H groups in total. The first-order chi connectivity index (χ1) is 8.83. The number of anilines is 1. The normalized spacial score (nSPS) is 14.0. The Morgan fingerprint density at radius 3 is 2.72 bits per heavy atom. The maximum absolute atomic E-state index is 5.84. The molecule has 0 unspecified atom stereocenters. The lowest BCUT2D eigenvalue weighted by Crippen LogP contribution is -2.02. The molecule has 1 aliphatic carbocycles. The minimum Gasteiger partial charge on any atom is -0.454 e. The second-order valence-electron chi connectivity index (χ2n) is 4.65. The smallest absolute Gasteiger partial charge is 0.168 e. The molecule has 3 nitrogen and oxygen atoms in total. The van der Waals surface area contributed by atoms with E-state index < -0.39 is 0 Å². The van der Waals surface area contributed by atoms with Crippen LogP contribution in [-0.2, 0) is 12.8 Å². The van der Waals surface area contributed by atoms with E-state index in [4.69, 9.17) is 10.5 Å². The number of hydrogen-bond donors (Lipinski definition) is 1. The van der Waals surface area contributed by atoms with E-state index >= 15 is 0 Å². The van der Waals surface area contributed by atoms with Crippen LogP contribution >= 0.6 is 0 Å². The van der Waals surface area contributed by atoms with E-state index in [-0.39, 0.29) is 0 Å². The largest absolute Gasteiger partial charge is 0.454 e. The Morgan fingerprint density at radius 2 is 1.89 bits per heavy atom. The standard InChI is InChI=1S/C15H16N2O/c16-14-7-8-17-10-15(14)18-13-6-5-11-3-1-2-4-12(11)9-13/h5-10H,1-4H2,(H2,16,17). The second-order valence-corrected chi connectivity index (χ2v) is 4.65. The average molecular weight is 240 g/mol. The molecule has 18 heavy (non-hydrogen) atoms. The van der Waals surface area contributed by atoms with Crippen molar-refractivity contribution in [3.8, 4) is 11.5 Å². The number of benzene rings is 1. The summed E-state index contributed by atoms with van der Waals surface area (Å²) in [7, 11) is 0. The summed E-state index contributed by atoms with van der Waals surface area (Å²) in [6, 6.07) is 8.04. The highest BCUT2D eigenvalue weighted by atomic mass is 16.5. The highest BCUT2D eigenvalue weighted by molar-refractivity contribution is 5.52. The summed E-state index contributed by atoms with van der Waals surface area (Å²) in [5.74, 6) is 1.46. The summed E-state index contributed by atoms with van der Waals surface area (Å²) in [5, 5.41) is 0. The Morgan fingerprint density at radius 1 is 1.06 bits per heavy atom. The zero-order chi connectivity index (χ0) is 12.4. The predicted octanol–water partition coefficient (Wildman–Crippen LogP) is 3.33. The average Bonchev–Trinajstić information content (AvgIpc) is 2.41. The fourth-order valence-electron chi connectivity index (χ4n) is 2.38. The van der Waals surface area contributed by atoms with Gasteiger partial charge in [-0.2, -0.15) is 0 Å². The van der Waals surface area contributed by atoms with Gasteiger partial charge in [0.2, 0.25) is 0 Å². The van der Waals surface area contributed by atoms with Crippen molar-refractivity contribution in [1.82, 2.24) is 4.98 Å². The third-order valence-corrected chi connectivity index (χ3v) is 3.36. The Kier molecular flexibility index (Phi) is 2.89. The molecule has 2 aromatic rings. The van der Waals surface area contributed by atoms with Gasteiger partial charge in [-0.15, -0.1) is 0 Å². The fraction of sp³-hybridized carbons (Fsp3) is 0.267. The van der Waals surface area contributed by atoms with Crippen molar-refractivity contribution in [1.29, 1.82) is 0 Å². The number of nitrogens with zero attached hydrogens (tertiary/aromatic N) is 1. The van der Waals surface area contributed by atoms with Gasteiger partial charge in [0.25, 0.3) is 0 Å². The number of fused-ring (bicyclic) bond motifs is 1. The molecule has 0 spiro atoms. The van der Waals surface area contributed by atoms with Crippen LogP contribution in [0.3, 0.4) is 0 Å². The summed E-state index contributed by atoms with van der Waals surface area (Å²) in [5.41, 5.74) is 9.31. The van der Waals surface area contributed by atoms with Gasteiger partial charge in [0, 0.05) is 6.20 Å². The number of aromatic nitrogens is 1. The molecule has 0 saturated carbocycles. The van der Waals surface area contributed by atoms with Crippen molar-refractivity contribution >= 4 is 5.69 Å². The van der Waals surface area contributed by atoms with E-state index in [9.17, 15) is 0 Å². The molecule has 0 radical (unpaired) electrons. The molecule has 1 aliphatic rings. The lowest BCUT2D eigenvalue weighted by molar-refractivity contribution is 0.481. The fourth-order valence-corrected chi connectivity index (χ4v) is 2.38. The Balaban J connectivity index is 1.87. The van der Waals surface area contributed by atoms with Gasteiger partial charge in [0.15, 0.2) is 5.75 Å². The zero-order valence-corrected chi connectivity index (χ0v) is 10.2. The third kappa shape index (κ3) is 2.16. The van der Waals surface area contributed by atoms with Gasteiger partial charge < -0.3 is 10.5 Å². The van der Waals surface area contributed by atoms with Gasteiger partial charge in [0.1, 0.15) is 5.75 Å². The number of hydrogen-bond acceptors (Lipinski definition) is 3. The van der Waals surface area contributed by atoms with Crippen LogP contribution in [0.4, 0.5) is 5.69 Å². The van der Waals surface area contributed by atoms with Gasteiger partial charge in [-0.3, -0.25) is 4.98 Å². The van der Waals surface area contributed by atoms with Crippen molar-refractivity contribution in [3.05, 3.63) is 47.8 Å². The summed E-state index contributed by atoms with van der Waals surface area (Å²) >= 11 is 0. The molecule has 0 amide bonds. The summed E-state index contributed by atoms with van der Waals surface area (Å²) < 4.78 is 5.79. The highest BCUT2D eigenvalue weighted by Crippen LogP contribution is 2.30. The van der Waals surface area contributed by atoms with Gasteiger partial charge in [-0.25, -0.2) is 0 Å². The van der Waals surface area contributed by atoms with E-state index in [1.54, 1.807) is 18.5 Å². The summed E-state index contributed by atoms with van der Waals surface area (Å²) in [6.45, 7) is 0. The van der Waals surface area contributed by atoms with E-state index in [2.05, 4.69) is 17.1 Å². The molecule has 3 rings (SSSR count). The van der Waals surface area contributed by atoms with E-state index in [1.807, 2.05) is 6.07 Å². The molecule has 0 bridgehead atoms. The second kappa shape index (κ2) is 4.69. The van der Waals surface area contributed by atoms with Crippen LogP contribution in [0.5, 0.6) is 11.5 Å². The van der Waals surface area contributed by atoms with Crippen LogP contribution in [0.1, 0.15) is 24.0 Å². The number of aryl methyl sites for hydroxylation is 2. The molecular weight excluding hydrogens is 224 g/mol. The van der Waals surface area contributed by atoms with Crippen LogP contribution < -0.4 is 10.5 Å². The topological polar surface area (TPSA) is 48.1 Å². The lowest BCUT2D eigenvalue weighted by Gasteiger charge is -2.16. The van der Waals surface area contributed by atoms with Crippen molar-refractivity contribution in [3.63, 3.8) is 0 Å². The molecule has 3 heteroatoms. The molecule has 0 saturated heterocycles. The van der Waals surface area contributed by atoms with E-state index in [0.29, 0.717) is 11.4 Å². The van der Waals surface area contributed by atoms with Gasteiger partial charge in [-0.1, -0.05) is 6.07 Å². The highest BCUT2D eigenvalue weighted by Gasteiger charge is 2.10. The van der Waals surface area contributed by atoms with Crippen molar-refractivity contribution < 1.29 is 4.74 Å². The zero-order valence-electron chi connectivity index (χ0n) is 10.2. The first-order valence-corrected chi connectivity index (χ1v) is 6.32. The quantitative estimate of drug-likeness (QED) is 0.875. The number of nitrogen functional groups attached to an aromatic ring is 1. The molecule has 1 aromatic heterocycles. The number of pyridine rings is 1. The predicted molar refractivity (Wildman–Crippen MR) is 71.8 cm³/mol. The van der Waals surface area contributed by atoms with Crippen LogP contribution in [0.25, 0.3) is 0 Å². The van der Waals surface area contributed by atoms with Crippen LogP contribution in [0.2, 0.25) is 0 Å². The number of rotatable bonds is 2. The molecule has 1 aromatic carbocycles. The Hall–Kier alpha value is -2.03. The Bertz CT molecular complexity index is 566. The lowest BCUT2D eigenvalue weighted by atomic mass is 9.92. The van der Waals surface area contributed by atoms with Gasteiger partial charge in [0.05, 0.1) is 11.9 Å². The SMILES string of the molecule is Nc1ccncc1Oc1ccc2c(c1)CCCC2. The molecule has 1 heterocycles. The first-order valence-electron chi connectivity index (χ1n) is 6.32. The molecular formula is C15H16N2O. The van der Waals surface area contributed by atoms with Crippen LogP contribution in [0.15, 0.2) is 36.7 Å². The number of nitrogens with two attached hydrogens (primary N) is 1. The van der Waals surface area contributed by atoms with Crippen molar-refractivity contribution in [2.24, 2.45) is 0 Å². The van der Waals surface area contributed by atoms with E-state index in [0.717, 1.165) is 12.2 Å². The van der Waals surface area contributed by atoms with Crippen LogP contribution in [-0.4, -0.2) is 4.98 Å². The monoisotopic (exact) mass is 240 g/mol. The van der Waals surface area contributed by atoms with E-state index in [1.165, 1.54) is 30.4 Å². The summed E-state index contributed by atoms with van der Waals surface area (Å²) in [6.07, 6.45) is 8.21. The minimum absolute atomic E-state index is 0.614. The Labute approximate surface area is 107 Å². The maximum atomic E-state index is 5.84. The molecule has 0 aliphatic heterocycles. The van der Waals surface area contributed by atoms with Gasteiger partial charge >= 0.3 is 0 Å². The third-order valence-electron chi connectivity index (χ3n) is 3.36. The summed E-state index contributed by atoms with van der Waals surface area (Å²) in [4.78, 5) is 4.02. The molecule has 0 fully saturated rings. The first kappa shape index (κ1) is 11.1. The van der Waals surface area contributed by atoms with Crippen molar-refractivity contribution in [2.45, 2.75) is 25.7 Å². The maximum Gasteiger partial charge on any atom is 0.168 e. The minimum atomic E-state index is 0.614. The molecule has 0 atom stereocenters. The molecule has 92 valence electrons. The van der Waals surface area contributed by atoms with Crippen molar-refractivity contribution in [2.75, 3.05) is 5.73 Å². The van der Waals surface area contributed by atoms with Crippen LogP contribution in [0, 0.1) is 0 Å².